The second-order valence-corrected chi connectivity index (χ2v) is 5.46. The summed E-state index contributed by atoms with van der Waals surface area (Å²) in [4.78, 5) is 11.6. The number of amides is 1. The van der Waals surface area contributed by atoms with Crippen molar-refractivity contribution < 1.29 is 9.53 Å². The SMILES string of the molecule is C[C@@H](NC(=O)OC(C)(C)C)c1nnc(Br)n1C. The summed E-state index contributed by atoms with van der Waals surface area (Å²) in [7, 11) is 1.81. The van der Waals surface area contributed by atoms with E-state index in [0.29, 0.717) is 10.6 Å². The monoisotopic (exact) mass is 304 g/mol. The third-order valence-electron chi connectivity index (χ3n) is 1.98. The van der Waals surface area contributed by atoms with Crippen LogP contribution in [0.3, 0.4) is 0 Å². The zero-order valence-electron chi connectivity index (χ0n) is 10.6. The number of carbonyl (C=O) groups is 1. The van der Waals surface area contributed by atoms with Crippen LogP contribution in [0, 0.1) is 0 Å². The van der Waals surface area contributed by atoms with Gasteiger partial charge in [-0.25, -0.2) is 4.79 Å². The molecule has 1 aromatic heterocycles. The number of hydrogen-bond acceptors (Lipinski definition) is 4. The Bertz CT molecular complexity index is 411. The minimum absolute atomic E-state index is 0.270. The van der Waals surface area contributed by atoms with E-state index in [-0.39, 0.29) is 6.04 Å². The van der Waals surface area contributed by atoms with Crippen LogP contribution in [0.2, 0.25) is 0 Å². The molecular formula is C10H17BrN4O2. The van der Waals surface area contributed by atoms with Gasteiger partial charge in [-0.05, 0) is 43.6 Å². The molecule has 0 spiro atoms. The molecular weight excluding hydrogens is 288 g/mol. The molecule has 0 radical (unpaired) electrons. The Labute approximate surface area is 109 Å². The van der Waals surface area contributed by atoms with Gasteiger partial charge in [0.25, 0.3) is 0 Å². The average Bonchev–Trinajstić information content (AvgIpc) is 2.44. The van der Waals surface area contributed by atoms with Crippen LogP contribution in [0.5, 0.6) is 0 Å². The predicted molar refractivity (Wildman–Crippen MR) is 66.5 cm³/mol. The maximum atomic E-state index is 11.6. The molecule has 0 saturated carbocycles. The Hall–Kier alpha value is -1.11. The molecule has 0 aromatic carbocycles. The van der Waals surface area contributed by atoms with Gasteiger partial charge in [-0.3, -0.25) is 0 Å². The summed E-state index contributed by atoms with van der Waals surface area (Å²) in [5.41, 5.74) is -0.510. The van der Waals surface area contributed by atoms with Crippen molar-refractivity contribution in [3.8, 4) is 0 Å². The van der Waals surface area contributed by atoms with Gasteiger partial charge in [0.1, 0.15) is 5.60 Å². The molecule has 7 heteroatoms. The number of carbonyl (C=O) groups excluding carboxylic acids is 1. The van der Waals surface area contributed by atoms with E-state index in [0.717, 1.165) is 0 Å². The summed E-state index contributed by atoms with van der Waals surface area (Å²) < 4.78 is 7.53. The molecule has 1 heterocycles. The largest absolute Gasteiger partial charge is 0.444 e. The highest BCUT2D eigenvalue weighted by Crippen LogP contribution is 2.14. The fourth-order valence-electron chi connectivity index (χ4n) is 1.25. The maximum absolute atomic E-state index is 11.6. The first-order valence-corrected chi connectivity index (χ1v) is 6.04. The van der Waals surface area contributed by atoms with E-state index in [1.54, 1.807) is 4.57 Å². The summed E-state index contributed by atoms with van der Waals surface area (Å²) in [6.45, 7) is 7.27. The van der Waals surface area contributed by atoms with Crippen molar-refractivity contribution in [1.82, 2.24) is 20.1 Å². The highest BCUT2D eigenvalue weighted by molar-refractivity contribution is 9.10. The number of nitrogens with zero attached hydrogens (tertiary/aromatic N) is 3. The molecule has 0 saturated heterocycles. The lowest BCUT2D eigenvalue weighted by atomic mass is 10.2. The van der Waals surface area contributed by atoms with Gasteiger partial charge < -0.3 is 14.6 Å². The quantitative estimate of drug-likeness (QED) is 0.909. The first kappa shape index (κ1) is 14.0. The molecule has 0 aliphatic heterocycles. The van der Waals surface area contributed by atoms with Gasteiger partial charge in [0, 0.05) is 7.05 Å². The molecule has 1 rings (SSSR count). The van der Waals surface area contributed by atoms with Crippen molar-refractivity contribution in [3.63, 3.8) is 0 Å². The highest BCUT2D eigenvalue weighted by atomic mass is 79.9. The Morgan fingerprint density at radius 2 is 2.06 bits per heavy atom. The number of aromatic nitrogens is 3. The van der Waals surface area contributed by atoms with E-state index in [1.165, 1.54) is 0 Å². The zero-order chi connectivity index (χ0) is 13.2. The molecule has 1 N–H and O–H groups in total. The Morgan fingerprint density at radius 1 is 1.47 bits per heavy atom. The molecule has 0 aliphatic rings. The average molecular weight is 305 g/mol. The first-order chi connectivity index (χ1) is 7.70. The van der Waals surface area contributed by atoms with Crippen LogP contribution in [0.1, 0.15) is 39.6 Å². The topological polar surface area (TPSA) is 69.0 Å². The van der Waals surface area contributed by atoms with Crippen molar-refractivity contribution in [3.05, 3.63) is 10.6 Å². The first-order valence-electron chi connectivity index (χ1n) is 5.25. The fraction of sp³-hybridized carbons (Fsp3) is 0.700. The smallest absolute Gasteiger partial charge is 0.408 e. The van der Waals surface area contributed by atoms with Crippen molar-refractivity contribution in [1.29, 1.82) is 0 Å². The summed E-state index contributed by atoms with van der Waals surface area (Å²) in [6, 6.07) is -0.270. The Balaban J connectivity index is 2.64. The zero-order valence-corrected chi connectivity index (χ0v) is 12.2. The van der Waals surface area contributed by atoms with Gasteiger partial charge in [0.15, 0.2) is 10.6 Å². The second kappa shape index (κ2) is 5.03. The van der Waals surface area contributed by atoms with Crippen LogP contribution in [0.25, 0.3) is 0 Å². The molecule has 0 bridgehead atoms. The highest BCUT2D eigenvalue weighted by Gasteiger charge is 2.20. The summed E-state index contributed by atoms with van der Waals surface area (Å²) >= 11 is 3.24. The molecule has 96 valence electrons. The molecule has 0 fully saturated rings. The van der Waals surface area contributed by atoms with Gasteiger partial charge >= 0.3 is 6.09 Å². The van der Waals surface area contributed by atoms with Gasteiger partial charge in [0.05, 0.1) is 6.04 Å². The molecule has 6 nitrogen and oxygen atoms in total. The lowest BCUT2D eigenvalue weighted by molar-refractivity contribution is 0.0505. The van der Waals surface area contributed by atoms with E-state index in [9.17, 15) is 4.79 Å². The number of ether oxygens (including phenoxy) is 1. The number of halogens is 1. The molecule has 1 amide bonds. The van der Waals surface area contributed by atoms with Crippen LogP contribution >= 0.6 is 15.9 Å². The van der Waals surface area contributed by atoms with E-state index >= 15 is 0 Å². The third-order valence-corrected chi connectivity index (χ3v) is 2.67. The van der Waals surface area contributed by atoms with Gasteiger partial charge in [0.2, 0.25) is 0 Å². The molecule has 0 unspecified atom stereocenters. The maximum Gasteiger partial charge on any atom is 0.408 e. The minimum atomic E-state index is -0.510. The lowest BCUT2D eigenvalue weighted by Crippen LogP contribution is -2.34. The van der Waals surface area contributed by atoms with Crippen molar-refractivity contribution in [2.75, 3.05) is 0 Å². The van der Waals surface area contributed by atoms with Crippen LogP contribution in [0.15, 0.2) is 4.73 Å². The summed E-state index contributed by atoms with van der Waals surface area (Å²) in [5, 5.41) is 10.5. The van der Waals surface area contributed by atoms with Crippen molar-refractivity contribution in [2.24, 2.45) is 7.05 Å². The third kappa shape index (κ3) is 3.99. The van der Waals surface area contributed by atoms with E-state index in [2.05, 4.69) is 31.4 Å². The fourth-order valence-corrected chi connectivity index (χ4v) is 1.51. The van der Waals surface area contributed by atoms with Gasteiger partial charge in [-0.1, -0.05) is 0 Å². The Kier molecular flexibility index (Phi) is 4.13. The van der Waals surface area contributed by atoms with Crippen LogP contribution in [-0.2, 0) is 11.8 Å². The summed E-state index contributed by atoms with van der Waals surface area (Å²) in [5.74, 6) is 0.655. The van der Waals surface area contributed by atoms with Gasteiger partial charge in [-0.2, -0.15) is 0 Å². The van der Waals surface area contributed by atoms with E-state index < -0.39 is 11.7 Å². The molecule has 1 atom stereocenters. The normalized spacial score (nSPS) is 13.3. The standard InChI is InChI=1S/C10H17BrN4O2/c1-6(7-13-14-8(11)15(7)5)12-9(16)17-10(2,3)4/h6H,1-5H3,(H,12,16)/t6-/m1/s1. The predicted octanol–water partition coefficient (Wildman–Crippen LogP) is 2.16. The second-order valence-electron chi connectivity index (χ2n) is 4.75. The Morgan fingerprint density at radius 3 is 2.47 bits per heavy atom. The van der Waals surface area contributed by atoms with Crippen LogP contribution in [-0.4, -0.2) is 26.5 Å². The van der Waals surface area contributed by atoms with Gasteiger partial charge in [-0.15, -0.1) is 10.2 Å². The number of rotatable bonds is 2. The number of nitrogens with one attached hydrogen (secondary N) is 1. The van der Waals surface area contributed by atoms with E-state index in [4.69, 9.17) is 4.74 Å². The minimum Gasteiger partial charge on any atom is -0.444 e. The van der Waals surface area contributed by atoms with Crippen LogP contribution < -0.4 is 5.32 Å². The molecule has 0 aliphatic carbocycles. The molecule has 1 aromatic rings. The van der Waals surface area contributed by atoms with E-state index in [1.807, 2.05) is 34.7 Å². The van der Waals surface area contributed by atoms with Crippen LogP contribution in [0.4, 0.5) is 4.79 Å². The van der Waals surface area contributed by atoms with Crippen molar-refractivity contribution in [2.45, 2.75) is 39.3 Å². The van der Waals surface area contributed by atoms with Crippen molar-refractivity contribution >= 4 is 22.0 Å². The summed E-state index contributed by atoms with van der Waals surface area (Å²) in [6.07, 6.45) is -0.468. The number of alkyl carbamates (subject to hydrolysis) is 1. The molecule has 17 heavy (non-hydrogen) atoms. The number of hydrogen-bond donors (Lipinski definition) is 1. The lowest BCUT2D eigenvalue weighted by Gasteiger charge is -2.21.